The van der Waals surface area contributed by atoms with Gasteiger partial charge in [0.25, 0.3) is 0 Å². The zero-order valence-electron chi connectivity index (χ0n) is 44.7. The van der Waals surface area contributed by atoms with E-state index in [4.69, 9.17) is 35.2 Å². The minimum absolute atomic E-state index is 0.0733. The average molecular weight is 1040 g/mol. The van der Waals surface area contributed by atoms with Crippen LogP contribution in [0.25, 0.3) is 11.1 Å². The summed E-state index contributed by atoms with van der Waals surface area (Å²) in [7, 11) is 3.24. The molecular weight excluding hydrogens is 963 g/mol. The third-order valence-electron chi connectivity index (χ3n) is 14.3. The third-order valence-corrected chi connectivity index (χ3v) is 14.3. The Kier molecular flexibility index (Phi) is 18.8. The second-order valence-electron chi connectivity index (χ2n) is 20.8. The molecule has 6 rings (SSSR count). The maximum Gasteiger partial charge on any atom is 0.409 e. The summed E-state index contributed by atoms with van der Waals surface area (Å²) >= 11 is 0. The van der Waals surface area contributed by atoms with Gasteiger partial charge in [0.1, 0.15) is 47.7 Å². The predicted molar refractivity (Wildman–Crippen MR) is 283 cm³/mol. The summed E-state index contributed by atoms with van der Waals surface area (Å²) in [6, 6.07) is 16.0. The first-order chi connectivity index (χ1) is 35.4. The van der Waals surface area contributed by atoms with Gasteiger partial charge in [-0.1, -0.05) is 89.6 Å². The molecule has 6 amide bonds. The van der Waals surface area contributed by atoms with Gasteiger partial charge in [-0.2, -0.15) is 0 Å². The second kappa shape index (κ2) is 24.6. The molecule has 0 radical (unpaired) electrons. The van der Waals surface area contributed by atoms with E-state index in [0.29, 0.717) is 41.3 Å². The summed E-state index contributed by atoms with van der Waals surface area (Å²) < 4.78 is 30.4. The van der Waals surface area contributed by atoms with Crippen molar-refractivity contribution in [1.82, 2.24) is 16.0 Å². The van der Waals surface area contributed by atoms with E-state index in [1.807, 2.05) is 101 Å². The van der Waals surface area contributed by atoms with Gasteiger partial charge in [-0.25, -0.2) is 9.59 Å². The van der Waals surface area contributed by atoms with Crippen LogP contribution >= 0.6 is 0 Å². The standard InChI is InChI=1S/C56H75N7O12/c1-31(2)48(57)51(66)61-41(15-12-24-59-53(58)68)50(65)60-39-20-16-36(17-21-39)30-72-40-22-18-38(19-23-40)47-42-26-37(27-43(47)71-10)25-33(5)13-11-14-34(6)56(70)29-44(73-54(69)62-56)35(7)49-55(8,75-49)45(28-46(64)63(42)9)74-52(67)32(3)4/h11,13-14,16-23,26-27,31-32,34-35,41,44-45,48-49,70H,12,15,24-25,28-30,57H2,1-10H3,(H,60,65)(H,61,66)(H,62,69)(H3,58,59,68)/b14-11+,33-13+/t34-,35-,41+,44+,45+,48?,49+,55+,56+/m1/s1. The van der Waals surface area contributed by atoms with Crippen LogP contribution in [0.2, 0.25) is 0 Å². The third kappa shape index (κ3) is 14.5. The molecule has 9 atom stereocenters. The van der Waals surface area contributed by atoms with Crippen LogP contribution in [0.3, 0.4) is 0 Å². The van der Waals surface area contributed by atoms with E-state index < -0.39 is 89.4 Å². The van der Waals surface area contributed by atoms with Gasteiger partial charge in [0.2, 0.25) is 17.7 Å². The number of aliphatic hydroxyl groups is 1. The van der Waals surface area contributed by atoms with Crippen LogP contribution in [0.5, 0.6) is 11.5 Å². The number of hydrogen-bond acceptors (Lipinski definition) is 13. The number of rotatable bonds is 16. The molecule has 9 N–H and O–H groups in total. The van der Waals surface area contributed by atoms with Crippen molar-refractivity contribution in [1.29, 1.82) is 0 Å². The summed E-state index contributed by atoms with van der Waals surface area (Å²) in [5.74, 6) is -2.28. The number of carbonyl (C=O) groups excluding carboxylic acids is 6. The molecule has 0 aliphatic carbocycles. The maximum absolute atomic E-state index is 14.7. The number of ether oxygens (including phenoxy) is 5. The molecule has 4 bridgehead atoms. The van der Waals surface area contributed by atoms with Gasteiger partial charge in [-0.05, 0) is 92.1 Å². The predicted octanol–water partition coefficient (Wildman–Crippen LogP) is 6.39. The molecule has 3 aliphatic heterocycles. The Balaban J connectivity index is 1.24. The molecule has 19 heteroatoms. The molecule has 3 aliphatic rings. The summed E-state index contributed by atoms with van der Waals surface area (Å²) in [6.45, 7) is 14.9. The molecule has 406 valence electrons. The molecule has 2 fully saturated rings. The highest BCUT2D eigenvalue weighted by Gasteiger charge is 2.64. The normalized spacial score (nSPS) is 25.8. The SMILES string of the molecule is COc1cc2cc(c1-c1ccc(OCc3ccc(NC(=O)[C@H](CCCNC(N)=O)NC(=O)C(N)C(C)C)cc3)cc1)N(C)C(=O)C[C@H](OC(=O)C(C)C)[C@]1(C)O[C@H]1[C@H](C)[C@@H]1C[C@@](O)(NC(=O)O1)[C@H](C)/C=C/C=C(\C)C2. The Labute approximate surface area is 439 Å². The van der Waals surface area contributed by atoms with Gasteiger partial charge < -0.3 is 61.1 Å². The lowest BCUT2D eigenvalue weighted by Crippen LogP contribution is -2.60. The second-order valence-corrected chi connectivity index (χ2v) is 20.8. The minimum Gasteiger partial charge on any atom is -0.496 e. The quantitative estimate of drug-likeness (QED) is 0.0466. The molecule has 0 saturated carbocycles. The van der Waals surface area contributed by atoms with E-state index in [1.54, 1.807) is 52.0 Å². The number of fused-ring (bicyclic) bond motifs is 5. The lowest BCUT2D eigenvalue weighted by atomic mass is 9.82. The fourth-order valence-corrected chi connectivity index (χ4v) is 9.28. The van der Waals surface area contributed by atoms with Crippen LogP contribution in [0, 0.1) is 23.7 Å². The van der Waals surface area contributed by atoms with E-state index in [9.17, 15) is 33.9 Å². The number of allylic oxidation sites excluding steroid dienone is 3. The van der Waals surface area contributed by atoms with Crippen LogP contribution in [-0.2, 0) is 46.4 Å². The zero-order valence-corrected chi connectivity index (χ0v) is 44.7. The molecule has 19 nitrogen and oxygen atoms in total. The summed E-state index contributed by atoms with van der Waals surface area (Å²) in [5.41, 5.74) is 13.5. The van der Waals surface area contributed by atoms with Crippen molar-refractivity contribution in [3.63, 3.8) is 0 Å². The smallest absolute Gasteiger partial charge is 0.409 e. The monoisotopic (exact) mass is 1040 g/mol. The van der Waals surface area contributed by atoms with Crippen molar-refractivity contribution in [3.05, 3.63) is 95.6 Å². The maximum atomic E-state index is 14.7. The molecular formula is C56H75N7O12. The van der Waals surface area contributed by atoms with Crippen LogP contribution in [0.1, 0.15) is 92.2 Å². The molecule has 3 aromatic rings. The van der Waals surface area contributed by atoms with Crippen molar-refractivity contribution in [2.75, 3.05) is 30.9 Å². The first-order valence-corrected chi connectivity index (χ1v) is 25.6. The fraction of sp³-hybridized carbons (Fsp3) is 0.500. The number of urea groups is 1. The highest BCUT2D eigenvalue weighted by atomic mass is 16.7. The Bertz CT molecular complexity index is 2620. The largest absolute Gasteiger partial charge is 0.496 e. The molecule has 1 unspecified atom stereocenters. The van der Waals surface area contributed by atoms with Crippen molar-refractivity contribution in [3.8, 4) is 22.6 Å². The number of nitrogens with one attached hydrogen (secondary N) is 4. The number of methoxy groups -OCH3 is 1. The summed E-state index contributed by atoms with van der Waals surface area (Å²) in [4.78, 5) is 79.8. The Hall–Kier alpha value is -6.96. The number of nitrogens with two attached hydrogens (primary N) is 2. The van der Waals surface area contributed by atoms with E-state index in [0.717, 1.165) is 22.3 Å². The number of nitrogens with zero attached hydrogens (tertiary/aromatic N) is 1. The zero-order chi connectivity index (χ0) is 54.9. The van der Waals surface area contributed by atoms with Gasteiger partial charge in [0.05, 0.1) is 37.3 Å². The van der Waals surface area contributed by atoms with Crippen molar-refractivity contribution in [2.45, 2.75) is 136 Å². The number of carbonyl (C=O) groups is 6. The minimum atomic E-state index is -1.62. The summed E-state index contributed by atoms with van der Waals surface area (Å²) in [5, 5.41) is 22.5. The molecule has 0 aromatic heterocycles. The van der Waals surface area contributed by atoms with Gasteiger partial charge in [0, 0.05) is 43.1 Å². The molecule has 2 saturated heterocycles. The molecule has 3 aromatic carbocycles. The van der Waals surface area contributed by atoms with Crippen LogP contribution in [0.4, 0.5) is 21.0 Å². The number of amides is 6. The lowest BCUT2D eigenvalue weighted by molar-refractivity contribution is -0.157. The van der Waals surface area contributed by atoms with Crippen LogP contribution < -0.4 is 47.1 Å². The van der Waals surface area contributed by atoms with Gasteiger partial charge in [-0.15, -0.1) is 0 Å². The number of epoxide rings is 1. The molecule has 0 spiro atoms. The molecule has 75 heavy (non-hydrogen) atoms. The average Bonchev–Trinajstić information content (AvgIpc) is 4.06. The van der Waals surface area contributed by atoms with Crippen molar-refractivity contribution >= 4 is 47.2 Å². The lowest BCUT2D eigenvalue weighted by Gasteiger charge is -2.41. The highest BCUT2D eigenvalue weighted by molar-refractivity contribution is 6.00. The van der Waals surface area contributed by atoms with E-state index in [1.165, 1.54) is 0 Å². The Morgan fingerprint density at radius 1 is 1.00 bits per heavy atom. The van der Waals surface area contributed by atoms with E-state index >= 15 is 0 Å². The summed E-state index contributed by atoms with van der Waals surface area (Å²) in [6.07, 6.45) is 3.45. The number of primary amides is 1. The number of anilines is 2. The van der Waals surface area contributed by atoms with Crippen molar-refractivity contribution < 1.29 is 57.6 Å². The highest BCUT2D eigenvalue weighted by Crippen LogP contribution is 2.50. The van der Waals surface area contributed by atoms with Gasteiger partial charge >= 0.3 is 18.1 Å². The van der Waals surface area contributed by atoms with Gasteiger partial charge in [0.15, 0.2) is 0 Å². The first kappa shape index (κ1) is 57.3. The Morgan fingerprint density at radius 3 is 2.33 bits per heavy atom. The number of hydrogen-bond donors (Lipinski definition) is 7. The molecule has 3 heterocycles. The van der Waals surface area contributed by atoms with Crippen LogP contribution in [0.15, 0.2) is 84.5 Å². The Morgan fingerprint density at radius 2 is 1.69 bits per heavy atom. The van der Waals surface area contributed by atoms with Crippen LogP contribution in [-0.4, -0.2) is 103 Å². The number of benzene rings is 3. The fourth-order valence-electron chi connectivity index (χ4n) is 9.28. The van der Waals surface area contributed by atoms with E-state index in [-0.39, 0.29) is 44.2 Å². The number of esters is 1. The van der Waals surface area contributed by atoms with Crippen molar-refractivity contribution in [2.24, 2.45) is 35.1 Å². The first-order valence-electron chi connectivity index (χ1n) is 25.6. The van der Waals surface area contributed by atoms with E-state index in [2.05, 4.69) is 21.3 Å². The van der Waals surface area contributed by atoms with Gasteiger partial charge in [-0.3, -0.25) is 24.5 Å². The topological polar surface area (TPSA) is 276 Å². The number of alkyl carbamates (subject to hydrolysis) is 1.